The number of hydrogen-bond acceptors (Lipinski definition) is 4. The van der Waals surface area contributed by atoms with E-state index in [0.717, 1.165) is 18.5 Å². The van der Waals surface area contributed by atoms with E-state index in [9.17, 15) is 9.59 Å². The number of nitrogens with one attached hydrogen (secondary N) is 2. The van der Waals surface area contributed by atoms with Gasteiger partial charge in [0.2, 0.25) is 5.91 Å². The highest BCUT2D eigenvalue weighted by atomic mass is 16.1. The van der Waals surface area contributed by atoms with Gasteiger partial charge < -0.3 is 10.3 Å². The summed E-state index contributed by atoms with van der Waals surface area (Å²) in [5.41, 5.74) is 1.68. The number of carbonyl (C=O) groups excluding carboxylic acids is 1. The molecule has 0 unspecified atom stereocenters. The fraction of sp³-hybridized carbons (Fsp3) is 0.368. The molecule has 0 aliphatic rings. The van der Waals surface area contributed by atoms with E-state index in [2.05, 4.69) is 20.4 Å². The summed E-state index contributed by atoms with van der Waals surface area (Å²) in [6.07, 6.45) is 6.28. The average Bonchev–Trinajstić information content (AvgIpc) is 3.04. The molecule has 0 fully saturated rings. The van der Waals surface area contributed by atoms with Crippen molar-refractivity contribution in [3.8, 4) is 0 Å². The van der Waals surface area contributed by atoms with Crippen LogP contribution in [0, 0.1) is 6.92 Å². The Morgan fingerprint density at radius 2 is 2.12 bits per heavy atom. The number of fused-ring (bicyclic) bond motifs is 1. The first-order valence-corrected chi connectivity index (χ1v) is 8.85. The molecule has 0 atom stereocenters. The Morgan fingerprint density at radius 3 is 2.92 bits per heavy atom. The molecule has 2 heterocycles. The van der Waals surface area contributed by atoms with Crippen LogP contribution >= 0.6 is 0 Å². The van der Waals surface area contributed by atoms with Gasteiger partial charge in [0.15, 0.2) is 0 Å². The van der Waals surface area contributed by atoms with E-state index in [1.165, 1.54) is 0 Å². The lowest BCUT2D eigenvalue weighted by atomic mass is 10.2. The second-order valence-electron chi connectivity index (χ2n) is 6.37. The van der Waals surface area contributed by atoms with Gasteiger partial charge >= 0.3 is 0 Å². The summed E-state index contributed by atoms with van der Waals surface area (Å²) in [4.78, 5) is 31.1. The highest BCUT2D eigenvalue weighted by molar-refractivity contribution is 5.77. The van der Waals surface area contributed by atoms with E-state index in [-0.39, 0.29) is 11.5 Å². The van der Waals surface area contributed by atoms with Gasteiger partial charge in [-0.1, -0.05) is 12.1 Å². The molecule has 1 aromatic carbocycles. The minimum atomic E-state index is -0.135. The van der Waals surface area contributed by atoms with Crippen LogP contribution in [0.2, 0.25) is 0 Å². The molecule has 26 heavy (non-hydrogen) atoms. The first-order chi connectivity index (χ1) is 12.6. The number of H-pyrrole nitrogens is 1. The normalized spacial score (nSPS) is 11.0. The van der Waals surface area contributed by atoms with Crippen molar-refractivity contribution < 1.29 is 4.79 Å². The molecular formula is C19H23N5O2. The van der Waals surface area contributed by atoms with Gasteiger partial charge in [0, 0.05) is 32.1 Å². The van der Waals surface area contributed by atoms with Crippen LogP contribution in [-0.4, -0.2) is 32.2 Å². The van der Waals surface area contributed by atoms with Crippen LogP contribution in [0.5, 0.6) is 0 Å². The van der Waals surface area contributed by atoms with Gasteiger partial charge in [0.1, 0.15) is 5.82 Å². The SMILES string of the molecule is Cc1cnn(CCCNC(=O)CCCc2nc3ccccc3c(=O)[nH]2)c1. The molecule has 7 heteroatoms. The van der Waals surface area contributed by atoms with Crippen molar-refractivity contribution in [2.24, 2.45) is 0 Å². The Kier molecular flexibility index (Phi) is 5.78. The van der Waals surface area contributed by atoms with Crippen molar-refractivity contribution in [2.45, 2.75) is 39.2 Å². The Balaban J connectivity index is 1.39. The first kappa shape index (κ1) is 17.8. The molecule has 0 radical (unpaired) electrons. The van der Waals surface area contributed by atoms with Gasteiger partial charge in [-0.25, -0.2) is 4.98 Å². The summed E-state index contributed by atoms with van der Waals surface area (Å²) in [6.45, 7) is 3.42. The second kappa shape index (κ2) is 8.42. The summed E-state index contributed by atoms with van der Waals surface area (Å²) in [5.74, 6) is 0.639. The third-order valence-electron chi connectivity index (χ3n) is 4.13. The van der Waals surface area contributed by atoms with Crippen LogP contribution in [0.3, 0.4) is 0 Å². The Morgan fingerprint density at radius 1 is 1.27 bits per heavy atom. The zero-order chi connectivity index (χ0) is 18.4. The molecule has 0 aliphatic carbocycles. The van der Waals surface area contributed by atoms with Crippen LogP contribution < -0.4 is 10.9 Å². The number of para-hydroxylation sites is 1. The third-order valence-corrected chi connectivity index (χ3v) is 4.13. The van der Waals surface area contributed by atoms with Crippen molar-refractivity contribution in [1.82, 2.24) is 25.1 Å². The summed E-state index contributed by atoms with van der Waals surface area (Å²) in [6, 6.07) is 7.25. The predicted molar refractivity (Wildman–Crippen MR) is 99.9 cm³/mol. The molecular weight excluding hydrogens is 330 g/mol. The highest BCUT2D eigenvalue weighted by Gasteiger charge is 2.05. The van der Waals surface area contributed by atoms with Crippen molar-refractivity contribution in [2.75, 3.05) is 6.54 Å². The van der Waals surface area contributed by atoms with Crippen LogP contribution in [-0.2, 0) is 17.8 Å². The predicted octanol–water partition coefficient (Wildman–Crippen LogP) is 1.96. The van der Waals surface area contributed by atoms with Crippen LogP contribution in [0.1, 0.15) is 30.7 Å². The molecule has 0 saturated carbocycles. The number of aromatic nitrogens is 4. The molecule has 3 rings (SSSR count). The van der Waals surface area contributed by atoms with Gasteiger partial charge in [-0.15, -0.1) is 0 Å². The maximum absolute atomic E-state index is 12.0. The van der Waals surface area contributed by atoms with Crippen molar-refractivity contribution in [3.63, 3.8) is 0 Å². The third kappa shape index (κ3) is 4.78. The maximum atomic E-state index is 12.0. The number of benzene rings is 1. The fourth-order valence-corrected chi connectivity index (χ4v) is 2.82. The number of hydrogen-bond donors (Lipinski definition) is 2. The number of aryl methyl sites for hydroxylation is 3. The maximum Gasteiger partial charge on any atom is 0.258 e. The fourth-order valence-electron chi connectivity index (χ4n) is 2.82. The number of nitrogens with zero attached hydrogens (tertiary/aromatic N) is 3. The van der Waals surface area contributed by atoms with Gasteiger partial charge in [0.05, 0.1) is 17.1 Å². The lowest BCUT2D eigenvalue weighted by Crippen LogP contribution is -2.25. The van der Waals surface area contributed by atoms with Gasteiger partial charge in [0.25, 0.3) is 5.56 Å². The Bertz CT molecular complexity index is 944. The number of amides is 1. The van der Waals surface area contributed by atoms with E-state index in [4.69, 9.17) is 0 Å². The van der Waals surface area contributed by atoms with Crippen LogP contribution in [0.15, 0.2) is 41.5 Å². The van der Waals surface area contributed by atoms with Crippen molar-refractivity contribution in [3.05, 3.63) is 58.4 Å². The smallest absolute Gasteiger partial charge is 0.258 e. The highest BCUT2D eigenvalue weighted by Crippen LogP contribution is 2.07. The summed E-state index contributed by atoms with van der Waals surface area (Å²) < 4.78 is 1.88. The quantitative estimate of drug-likeness (QED) is 0.606. The van der Waals surface area contributed by atoms with E-state index < -0.39 is 0 Å². The first-order valence-electron chi connectivity index (χ1n) is 8.85. The molecule has 1 amide bonds. The van der Waals surface area contributed by atoms with Gasteiger partial charge in [-0.3, -0.25) is 14.3 Å². The number of aromatic amines is 1. The van der Waals surface area contributed by atoms with Crippen LogP contribution in [0.4, 0.5) is 0 Å². The van der Waals surface area contributed by atoms with Crippen molar-refractivity contribution >= 4 is 16.8 Å². The largest absolute Gasteiger partial charge is 0.356 e. The topological polar surface area (TPSA) is 92.7 Å². The molecule has 136 valence electrons. The van der Waals surface area contributed by atoms with Gasteiger partial charge in [-0.05, 0) is 37.5 Å². The molecule has 0 bridgehead atoms. The standard InChI is InChI=1S/C19H23N5O2/c1-14-12-21-24(13-14)11-5-10-20-18(25)9-4-8-17-22-16-7-3-2-6-15(16)19(26)23-17/h2-3,6-7,12-13H,4-5,8-11H2,1H3,(H,20,25)(H,22,23,26). The minimum absolute atomic E-state index is 0.0183. The van der Waals surface area contributed by atoms with Crippen molar-refractivity contribution in [1.29, 1.82) is 0 Å². The molecule has 2 N–H and O–H groups in total. The Hall–Kier alpha value is -2.96. The summed E-state index contributed by atoms with van der Waals surface area (Å²) in [7, 11) is 0. The summed E-state index contributed by atoms with van der Waals surface area (Å²) >= 11 is 0. The summed E-state index contributed by atoms with van der Waals surface area (Å²) in [5, 5.41) is 7.71. The molecule has 2 aromatic heterocycles. The lowest BCUT2D eigenvalue weighted by molar-refractivity contribution is -0.121. The van der Waals surface area contributed by atoms with Gasteiger partial charge in [-0.2, -0.15) is 5.10 Å². The molecule has 7 nitrogen and oxygen atoms in total. The Labute approximate surface area is 151 Å². The van der Waals surface area contributed by atoms with Crippen LogP contribution in [0.25, 0.3) is 10.9 Å². The monoisotopic (exact) mass is 353 g/mol. The second-order valence-corrected chi connectivity index (χ2v) is 6.37. The number of carbonyl (C=O) groups is 1. The molecule has 0 aliphatic heterocycles. The minimum Gasteiger partial charge on any atom is -0.356 e. The zero-order valence-electron chi connectivity index (χ0n) is 14.9. The van der Waals surface area contributed by atoms with E-state index in [1.807, 2.05) is 42.2 Å². The molecule has 0 spiro atoms. The average molecular weight is 353 g/mol. The lowest BCUT2D eigenvalue weighted by Gasteiger charge is -2.06. The zero-order valence-corrected chi connectivity index (χ0v) is 14.9. The van der Waals surface area contributed by atoms with E-state index in [0.29, 0.717) is 42.5 Å². The van der Waals surface area contributed by atoms with E-state index in [1.54, 1.807) is 6.07 Å². The molecule has 0 saturated heterocycles. The van der Waals surface area contributed by atoms with E-state index >= 15 is 0 Å². The molecule has 3 aromatic rings. The number of rotatable bonds is 8.